The SMILES string of the molecule is O=C(CN1CCC(Cc2ccccc2)CC1)N1N=C(c2cccc(F)c2)C[C@H]1c1ccc2c(c1)OCO2. The molecule has 0 aromatic heterocycles. The van der Waals surface area contributed by atoms with Crippen molar-refractivity contribution in [1.82, 2.24) is 9.91 Å². The van der Waals surface area contributed by atoms with Crippen molar-refractivity contribution in [3.63, 3.8) is 0 Å². The molecular weight excluding hydrogens is 469 g/mol. The molecule has 1 saturated heterocycles. The van der Waals surface area contributed by atoms with Gasteiger partial charge in [0.1, 0.15) is 5.82 Å². The van der Waals surface area contributed by atoms with Crippen LogP contribution in [0.1, 0.15) is 42.0 Å². The Kier molecular flexibility index (Phi) is 6.62. The Balaban J connectivity index is 1.16. The molecule has 3 aromatic rings. The molecule has 3 aliphatic heterocycles. The van der Waals surface area contributed by atoms with E-state index in [1.807, 2.05) is 24.3 Å². The second-order valence-corrected chi connectivity index (χ2v) is 10.0. The van der Waals surface area contributed by atoms with E-state index in [4.69, 9.17) is 14.6 Å². The average molecular weight is 500 g/mol. The van der Waals surface area contributed by atoms with E-state index >= 15 is 0 Å². The van der Waals surface area contributed by atoms with Crippen LogP contribution in [0, 0.1) is 11.7 Å². The van der Waals surface area contributed by atoms with Crippen LogP contribution < -0.4 is 9.47 Å². The maximum Gasteiger partial charge on any atom is 0.257 e. The number of rotatable bonds is 6. The molecule has 7 heteroatoms. The van der Waals surface area contributed by atoms with Gasteiger partial charge in [-0.2, -0.15) is 5.10 Å². The summed E-state index contributed by atoms with van der Waals surface area (Å²) in [5.74, 6) is 1.65. The van der Waals surface area contributed by atoms with Crippen molar-refractivity contribution >= 4 is 11.6 Å². The van der Waals surface area contributed by atoms with E-state index in [9.17, 15) is 9.18 Å². The lowest BCUT2D eigenvalue weighted by Crippen LogP contribution is -2.42. The molecule has 0 radical (unpaired) electrons. The minimum absolute atomic E-state index is 0.0458. The zero-order valence-corrected chi connectivity index (χ0v) is 20.7. The Hall–Kier alpha value is -3.71. The molecule has 6 nitrogen and oxygen atoms in total. The third-order valence-electron chi connectivity index (χ3n) is 7.54. The van der Waals surface area contributed by atoms with Gasteiger partial charge >= 0.3 is 0 Å². The quantitative estimate of drug-likeness (QED) is 0.469. The van der Waals surface area contributed by atoms with E-state index in [-0.39, 0.29) is 24.6 Å². The number of benzene rings is 3. The molecule has 3 aromatic carbocycles. The first-order valence-corrected chi connectivity index (χ1v) is 12.9. The summed E-state index contributed by atoms with van der Waals surface area (Å²) in [6, 6.07) is 22.5. The van der Waals surface area contributed by atoms with Crippen molar-refractivity contribution in [3.8, 4) is 11.5 Å². The predicted octanol–water partition coefficient (Wildman–Crippen LogP) is 5.19. The van der Waals surface area contributed by atoms with Gasteiger partial charge in [0.25, 0.3) is 5.91 Å². The summed E-state index contributed by atoms with van der Waals surface area (Å²) < 4.78 is 25.0. The Labute approximate surface area is 216 Å². The molecule has 37 heavy (non-hydrogen) atoms. The topological polar surface area (TPSA) is 54.4 Å². The normalized spacial score (nSPS) is 19.8. The highest BCUT2D eigenvalue weighted by atomic mass is 19.1. The first-order valence-electron chi connectivity index (χ1n) is 12.9. The molecule has 1 fully saturated rings. The van der Waals surface area contributed by atoms with Crippen molar-refractivity contribution in [1.29, 1.82) is 0 Å². The number of halogens is 1. The van der Waals surface area contributed by atoms with Crippen LogP contribution in [0.3, 0.4) is 0 Å². The second-order valence-electron chi connectivity index (χ2n) is 10.0. The van der Waals surface area contributed by atoms with Gasteiger partial charge < -0.3 is 9.47 Å². The molecule has 0 bridgehead atoms. The number of nitrogens with zero attached hydrogens (tertiary/aromatic N) is 3. The van der Waals surface area contributed by atoms with Crippen LogP contribution in [0.4, 0.5) is 4.39 Å². The van der Waals surface area contributed by atoms with Gasteiger partial charge in [0.15, 0.2) is 11.5 Å². The van der Waals surface area contributed by atoms with Crippen molar-refractivity contribution in [2.24, 2.45) is 11.0 Å². The summed E-state index contributed by atoms with van der Waals surface area (Å²) >= 11 is 0. The number of likely N-dealkylation sites (tertiary alicyclic amines) is 1. The van der Waals surface area contributed by atoms with Crippen LogP contribution in [0.25, 0.3) is 0 Å². The number of piperidine rings is 1. The lowest BCUT2D eigenvalue weighted by atomic mass is 9.90. The van der Waals surface area contributed by atoms with E-state index in [0.29, 0.717) is 41.7 Å². The van der Waals surface area contributed by atoms with E-state index < -0.39 is 0 Å². The van der Waals surface area contributed by atoms with Gasteiger partial charge in [-0.3, -0.25) is 9.69 Å². The number of hydrazone groups is 1. The number of amides is 1. The minimum Gasteiger partial charge on any atom is -0.454 e. The molecular formula is C30H30FN3O3. The maximum atomic E-state index is 14.0. The molecule has 0 unspecified atom stereocenters. The predicted molar refractivity (Wildman–Crippen MR) is 139 cm³/mol. The lowest BCUT2D eigenvalue weighted by Gasteiger charge is -2.33. The smallest absolute Gasteiger partial charge is 0.257 e. The van der Waals surface area contributed by atoms with Gasteiger partial charge in [-0.25, -0.2) is 9.40 Å². The zero-order chi connectivity index (χ0) is 25.2. The molecule has 0 N–H and O–H groups in total. The van der Waals surface area contributed by atoms with Crippen molar-refractivity contribution in [2.75, 3.05) is 26.4 Å². The highest BCUT2D eigenvalue weighted by molar-refractivity contribution is 6.03. The average Bonchev–Trinajstić information content (AvgIpc) is 3.58. The number of fused-ring (bicyclic) bond motifs is 1. The number of hydrogen-bond acceptors (Lipinski definition) is 5. The van der Waals surface area contributed by atoms with Crippen LogP contribution in [0.2, 0.25) is 0 Å². The summed E-state index contributed by atoms with van der Waals surface area (Å²) in [7, 11) is 0. The van der Waals surface area contributed by atoms with Crippen molar-refractivity contribution in [2.45, 2.75) is 31.7 Å². The van der Waals surface area contributed by atoms with E-state index in [1.54, 1.807) is 11.1 Å². The van der Waals surface area contributed by atoms with E-state index in [2.05, 4.69) is 35.2 Å². The van der Waals surface area contributed by atoms with Crippen LogP contribution in [0.15, 0.2) is 77.9 Å². The van der Waals surface area contributed by atoms with Gasteiger partial charge in [-0.15, -0.1) is 0 Å². The summed E-state index contributed by atoms with van der Waals surface area (Å²) in [5.41, 5.74) is 3.70. The molecule has 0 aliphatic carbocycles. The molecule has 190 valence electrons. The fourth-order valence-corrected chi connectivity index (χ4v) is 5.52. The number of hydrogen-bond donors (Lipinski definition) is 0. The van der Waals surface area contributed by atoms with Crippen LogP contribution in [-0.2, 0) is 11.2 Å². The highest BCUT2D eigenvalue weighted by Crippen LogP contribution is 2.39. The standard InChI is InChI=1S/C30H30FN3O3/c31-25-8-4-7-23(16-25)26-18-27(24-9-10-28-29(17-24)37-20-36-28)34(32-26)30(35)19-33-13-11-22(12-14-33)15-21-5-2-1-3-6-21/h1-10,16-17,22,27H,11-15,18-20H2/t27-/m0/s1. The van der Waals surface area contributed by atoms with Gasteiger partial charge in [0.2, 0.25) is 6.79 Å². The molecule has 6 rings (SSSR count). The lowest BCUT2D eigenvalue weighted by molar-refractivity contribution is -0.134. The first kappa shape index (κ1) is 23.7. The highest BCUT2D eigenvalue weighted by Gasteiger charge is 2.35. The summed E-state index contributed by atoms with van der Waals surface area (Å²) in [5, 5.41) is 6.31. The Morgan fingerprint density at radius 2 is 1.76 bits per heavy atom. The monoisotopic (exact) mass is 499 g/mol. The molecule has 1 atom stereocenters. The summed E-state index contributed by atoms with van der Waals surface area (Å²) in [6.45, 7) is 2.30. The third-order valence-corrected chi connectivity index (χ3v) is 7.54. The maximum absolute atomic E-state index is 14.0. The largest absolute Gasteiger partial charge is 0.454 e. The van der Waals surface area contributed by atoms with Crippen LogP contribution in [-0.4, -0.2) is 48.0 Å². The van der Waals surface area contributed by atoms with Gasteiger partial charge in [0, 0.05) is 12.0 Å². The Morgan fingerprint density at radius 1 is 0.946 bits per heavy atom. The fraction of sp³-hybridized carbons (Fsp3) is 0.333. The van der Waals surface area contributed by atoms with Crippen molar-refractivity contribution < 1.29 is 18.7 Å². The van der Waals surface area contributed by atoms with Gasteiger partial charge in [-0.1, -0.05) is 48.5 Å². The molecule has 0 spiro atoms. The molecule has 3 heterocycles. The summed E-state index contributed by atoms with van der Waals surface area (Å²) in [4.78, 5) is 15.8. The van der Waals surface area contributed by atoms with Crippen LogP contribution in [0.5, 0.6) is 11.5 Å². The number of carbonyl (C=O) groups is 1. The van der Waals surface area contributed by atoms with Crippen LogP contribution >= 0.6 is 0 Å². The van der Waals surface area contributed by atoms with Gasteiger partial charge in [-0.05, 0) is 73.7 Å². The first-order chi connectivity index (χ1) is 18.1. The van der Waals surface area contributed by atoms with E-state index in [0.717, 1.165) is 37.9 Å². The summed E-state index contributed by atoms with van der Waals surface area (Å²) in [6.07, 6.45) is 3.74. The fourth-order valence-electron chi connectivity index (χ4n) is 5.52. The van der Waals surface area contributed by atoms with E-state index in [1.165, 1.54) is 17.7 Å². The zero-order valence-electron chi connectivity index (χ0n) is 20.7. The van der Waals surface area contributed by atoms with Gasteiger partial charge in [0.05, 0.1) is 18.3 Å². The number of carbonyl (C=O) groups excluding carboxylic acids is 1. The molecule has 1 amide bonds. The second kappa shape index (κ2) is 10.3. The molecule has 0 saturated carbocycles. The Bertz CT molecular complexity index is 1300. The minimum atomic E-state index is -0.317. The van der Waals surface area contributed by atoms with Crippen molar-refractivity contribution in [3.05, 3.63) is 95.3 Å². The number of ether oxygens (including phenoxy) is 2. The Morgan fingerprint density at radius 3 is 2.57 bits per heavy atom. The molecule has 3 aliphatic rings. The third kappa shape index (κ3) is 5.23.